The van der Waals surface area contributed by atoms with Crippen molar-refractivity contribution >= 4 is 40.8 Å². The third kappa shape index (κ3) is 6.50. The number of fused-ring (bicyclic) bond motifs is 1. The molecule has 3 aromatic rings. The lowest BCUT2D eigenvalue weighted by Gasteiger charge is -2.13. The molecule has 1 aromatic carbocycles. The second-order valence-corrected chi connectivity index (χ2v) is 7.23. The summed E-state index contributed by atoms with van der Waals surface area (Å²) < 4.78 is 10.9. The van der Waals surface area contributed by atoms with Gasteiger partial charge in [-0.3, -0.25) is 4.99 Å². The molecule has 1 saturated heterocycles. The molecule has 1 atom stereocenters. The van der Waals surface area contributed by atoms with Crippen LogP contribution in [0.5, 0.6) is 0 Å². The van der Waals surface area contributed by atoms with Crippen LogP contribution in [0.4, 0.5) is 0 Å². The Morgan fingerprint density at radius 2 is 1.97 bits per heavy atom. The fourth-order valence-corrected chi connectivity index (χ4v) is 3.46. The van der Waals surface area contributed by atoms with Crippen LogP contribution in [-0.2, 0) is 17.6 Å². The first-order valence-electron chi connectivity index (χ1n) is 10.1. The van der Waals surface area contributed by atoms with E-state index in [-0.39, 0.29) is 24.0 Å². The summed E-state index contributed by atoms with van der Waals surface area (Å²) in [5.41, 5.74) is 2.41. The molecule has 0 bridgehead atoms. The van der Waals surface area contributed by atoms with Gasteiger partial charge in [0.05, 0.1) is 12.9 Å². The molecular weight excluding hydrogens is 479 g/mol. The molecule has 1 aliphatic heterocycles. The Morgan fingerprint density at radius 3 is 2.72 bits per heavy atom. The molecule has 6 nitrogen and oxygen atoms in total. The molecule has 29 heavy (non-hydrogen) atoms. The summed E-state index contributed by atoms with van der Waals surface area (Å²) in [7, 11) is 0. The average Bonchev–Trinajstić information content (AvgIpc) is 3.46. The van der Waals surface area contributed by atoms with E-state index in [0.29, 0.717) is 5.92 Å². The van der Waals surface area contributed by atoms with Gasteiger partial charge < -0.3 is 24.8 Å². The molecule has 7 heteroatoms. The summed E-state index contributed by atoms with van der Waals surface area (Å²) in [6.07, 6.45) is 4.56. The standard InChI is InChI=1S/C22H28N4O2.HI/c1-2-6-21-18(4-1)14-19(26-21)7-10-23-22(25-15-17-9-13-27-16-17)24-11-8-20-5-3-12-28-20;/h1-6,12,14,17,26H,7-11,13,15-16H2,(H2,23,24,25);1H. The van der Waals surface area contributed by atoms with E-state index < -0.39 is 0 Å². The van der Waals surface area contributed by atoms with E-state index in [2.05, 4.69) is 45.9 Å². The number of aromatic amines is 1. The summed E-state index contributed by atoms with van der Waals surface area (Å²) in [4.78, 5) is 8.25. The Labute approximate surface area is 188 Å². The third-order valence-corrected chi connectivity index (χ3v) is 5.05. The monoisotopic (exact) mass is 508 g/mol. The number of guanidine groups is 1. The van der Waals surface area contributed by atoms with E-state index in [1.165, 1.54) is 16.6 Å². The maximum Gasteiger partial charge on any atom is 0.191 e. The van der Waals surface area contributed by atoms with Crippen LogP contribution in [0.15, 0.2) is 58.1 Å². The number of nitrogens with zero attached hydrogens (tertiary/aromatic N) is 1. The zero-order chi connectivity index (χ0) is 19.0. The molecule has 1 fully saturated rings. The molecular formula is C22H29IN4O2. The second kappa shape index (κ2) is 11.3. The molecule has 0 aliphatic carbocycles. The van der Waals surface area contributed by atoms with Crippen LogP contribution >= 0.6 is 24.0 Å². The van der Waals surface area contributed by atoms with Gasteiger partial charge in [0, 0.05) is 56.2 Å². The molecule has 2 aromatic heterocycles. The normalized spacial score (nSPS) is 16.7. The number of hydrogen-bond acceptors (Lipinski definition) is 3. The van der Waals surface area contributed by atoms with Gasteiger partial charge in [0.15, 0.2) is 5.96 Å². The lowest BCUT2D eigenvalue weighted by Crippen LogP contribution is -2.39. The van der Waals surface area contributed by atoms with Gasteiger partial charge in [0.25, 0.3) is 0 Å². The van der Waals surface area contributed by atoms with Crippen LogP contribution in [0.25, 0.3) is 10.9 Å². The molecule has 0 amide bonds. The molecule has 0 spiro atoms. The van der Waals surface area contributed by atoms with Gasteiger partial charge >= 0.3 is 0 Å². The Balaban J connectivity index is 0.00000240. The van der Waals surface area contributed by atoms with Crippen molar-refractivity contribution in [1.29, 1.82) is 0 Å². The number of nitrogens with one attached hydrogen (secondary N) is 3. The maximum atomic E-state index is 5.46. The number of benzene rings is 1. The zero-order valence-corrected chi connectivity index (χ0v) is 18.9. The minimum atomic E-state index is 0. The minimum Gasteiger partial charge on any atom is -0.469 e. The molecule has 3 N–H and O–H groups in total. The highest BCUT2D eigenvalue weighted by Gasteiger charge is 2.15. The Morgan fingerprint density at radius 1 is 1.10 bits per heavy atom. The average molecular weight is 508 g/mol. The summed E-state index contributed by atoms with van der Waals surface area (Å²) in [5, 5.41) is 8.14. The number of halogens is 1. The summed E-state index contributed by atoms with van der Waals surface area (Å²) in [5.74, 6) is 2.36. The number of para-hydroxylation sites is 1. The smallest absolute Gasteiger partial charge is 0.191 e. The Kier molecular flexibility index (Phi) is 8.42. The van der Waals surface area contributed by atoms with Crippen molar-refractivity contribution in [3.05, 3.63) is 60.2 Å². The SMILES string of the molecule is I.c1coc(CCNC(=NCC2CCOC2)NCCc2cc3ccccc3[nH]2)c1. The quantitative estimate of drug-likeness (QED) is 0.246. The fourth-order valence-electron chi connectivity index (χ4n) is 3.46. The van der Waals surface area contributed by atoms with Crippen molar-refractivity contribution in [2.24, 2.45) is 10.9 Å². The van der Waals surface area contributed by atoms with Crippen molar-refractivity contribution in [1.82, 2.24) is 15.6 Å². The number of ether oxygens (including phenoxy) is 1. The fraction of sp³-hybridized carbons (Fsp3) is 0.409. The van der Waals surface area contributed by atoms with E-state index in [4.69, 9.17) is 14.1 Å². The molecule has 1 unspecified atom stereocenters. The molecule has 156 valence electrons. The van der Waals surface area contributed by atoms with Gasteiger partial charge in [-0.1, -0.05) is 18.2 Å². The first kappa shape index (κ1) is 21.7. The number of rotatable bonds is 8. The van der Waals surface area contributed by atoms with Gasteiger partial charge in [-0.2, -0.15) is 0 Å². The highest BCUT2D eigenvalue weighted by atomic mass is 127. The predicted molar refractivity (Wildman–Crippen MR) is 127 cm³/mol. The van der Waals surface area contributed by atoms with Crippen LogP contribution in [0.3, 0.4) is 0 Å². The number of H-pyrrole nitrogens is 1. The highest BCUT2D eigenvalue weighted by Crippen LogP contribution is 2.15. The molecule has 3 heterocycles. The van der Waals surface area contributed by atoms with Crippen molar-refractivity contribution < 1.29 is 9.15 Å². The molecule has 1 aliphatic rings. The third-order valence-electron chi connectivity index (χ3n) is 5.05. The van der Waals surface area contributed by atoms with Crippen LogP contribution in [0, 0.1) is 5.92 Å². The largest absolute Gasteiger partial charge is 0.469 e. The van der Waals surface area contributed by atoms with Crippen LogP contribution in [0.2, 0.25) is 0 Å². The zero-order valence-electron chi connectivity index (χ0n) is 16.5. The van der Waals surface area contributed by atoms with Gasteiger partial charge in [0.2, 0.25) is 0 Å². The van der Waals surface area contributed by atoms with Crippen LogP contribution in [0.1, 0.15) is 17.9 Å². The Bertz CT molecular complexity index is 852. The summed E-state index contributed by atoms with van der Waals surface area (Å²) in [6, 6.07) is 14.5. The molecule has 4 rings (SSSR count). The summed E-state index contributed by atoms with van der Waals surface area (Å²) in [6.45, 7) is 4.07. The predicted octanol–water partition coefficient (Wildman–Crippen LogP) is 3.74. The van der Waals surface area contributed by atoms with E-state index in [1.54, 1.807) is 6.26 Å². The first-order valence-corrected chi connectivity index (χ1v) is 10.1. The Hall–Kier alpha value is -2.00. The van der Waals surface area contributed by atoms with E-state index >= 15 is 0 Å². The molecule has 0 saturated carbocycles. The topological polar surface area (TPSA) is 74.6 Å². The highest BCUT2D eigenvalue weighted by molar-refractivity contribution is 14.0. The number of hydrogen-bond donors (Lipinski definition) is 3. The number of aromatic nitrogens is 1. The van der Waals surface area contributed by atoms with E-state index in [0.717, 1.165) is 63.8 Å². The van der Waals surface area contributed by atoms with Crippen molar-refractivity contribution in [2.45, 2.75) is 19.3 Å². The number of furan rings is 1. The van der Waals surface area contributed by atoms with E-state index in [1.807, 2.05) is 12.1 Å². The number of aliphatic imine (C=N–C) groups is 1. The summed E-state index contributed by atoms with van der Waals surface area (Å²) >= 11 is 0. The second-order valence-electron chi connectivity index (χ2n) is 7.23. The molecule has 0 radical (unpaired) electrons. The van der Waals surface area contributed by atoms with Gasteiger partial charge in [-0.15, -0.1) is 24.0 Å². The van der Waals surface area contributed by atoms with Gasteiger partial charge in [0.1, 0.15) is 5.76 Å². The minimum absolute atomic E-state index is 0. The lowest BCUT2D eigenvalue weighted by atomic mass is 10.1. The van der Waals surface area contributed by atoms with Crippen LogP contribution in [-0.4, -0.2) is 43.8 Å². The van der Waals surface area contributed by atoms with Crippen molar-refractivity contribution in [3.8, 4) is 0 Å². The van der Waals surface area contributed by atoms with Gasteiger partial charge in [-0.05, 0) is 36.1 Å². The van der Waals surface area contributed by atoms with E-state index in [9.17, 15) is 0 Å². The first-order chi connectivity index (χ1) is 13.9. The van der Waals surface area contributed by atoms with Gasteiger partial charge in [-0.25, -0.2) is 0 Å². The van der Waals surface area contributed by atoms with Crippen molar-refractivity contribution in [3.63, 3.8) is 0 Å². The van der Waals surface area contributed by atoms with Crippen molar-refractivity contribution in [2.75, 3.05) is 32.8 Å². The maximum absolute atomic E-state index is 5.46. The van der Waals surface area contributed by atoms with Crippen LogP contribution < -0.4 is 10.6 Å². The lowest BCUT2D eigenvalue weighted by molar-refractivity contribution is 0.187.